The molecule has 0 spiro atoms. The molecule has 1 atom stereocenters. The first-order chi connectivity index (χ1) is 14.7. The molecule has 2 aromatic carbocycles. The predicted molar refractivity (Wildman–Crippen MR) is 112 cm³/mol. The third-order valence-electron chi connectivity index (χ3n) is 4.87. The van der Waals surface area contributed by atoms with Crippen LogP contribution < -0.4 is 14.8 Å². The lowest BCUT2D eigenvalue weighted by atomic mass is 10.1. The molecular formula is C23H23N3O4. The zero-order valence-electron chi connectivity index (χ0n) is 16.7. The molecule has 0 radical (unpaired) electrons. The van der Waals surface area contributed by atoms with Crippen LogP contribution in [0, 0.1) is 0 Å². The van der Waals surface area contributed by atoms with E-state index in [0.717, 1.165) is 30.6 Å². The van der Waals surface area contributed by atoms with Crippen molar-refractivity contribution in [3.8, 4) is 28.6 Å². The number of methoxy groups -OCH3 is 1. The molecule has 0 saturated carbocycles. The van der Waals surface area contributed by atoms with Gasteiger partial charge in [-0.25, -0.2) is 9.97 Å². The molecule has 1 aliphatic rings. The molecule has 0 aliphatic carbocycles. The maximum absolute atomic E-state index is 12.3. The Kier molecular flexibility index (Phi) is 6.20. The van der Waals surface area contributed by atoms with Crippen LogP contribution in [0.5, 0.6) is 17.5 Å². The average molecular weight is 405 g/mol. The normalized spacial score (nSPS) is 15.6. The number of nitrogens with zero attached hydrogens (tertiary/aromatic N) is 2. The summed E-state index contributed by atoms with van der Waals surface area (Å²) in [7, 11) is 1.60. The van der Waals surface area contributed by atoms with E-state index in [-0.39, 0.29) is 18.0 Å². The van der Waals surface area contributed by atoms with Crippen molar-refractivity contribution in [2.24, 2.45) is 0 Å². The minimum atomic E-state index is -0.102. The van der Waals surface area contributed by atoms with Crippen LogP contribution in [0.2, 0.25) is 0 Å². The van der Waals surface area contributed by atoms with Crippen molar-refractivity contribution in [2.75, 3.05) is 20.3 Å². The van der Waals surface area contributed by atoms with Crippen molar-refractivity contribution in [1.29, 1.82) is 0 Å². The quantitative estimate of drug-likeness (QED) is 0.643. The monoisotopic (exact) mass is 405 g/mol. The highest BCUT2D eigenvalue weighted by Crippen LogP contribution is 2.24. The third kappa shape index (κ3) is 4.93. The van der Waals surface area contributed by atoms with Crippen LogP contribution in [0.3, 0.4) is 0 Å². The molecule has 3 aromatic rings. The van der Waals surface area contributed by atoms with Crippen LogP contribution >= 0.6 is 0 Å². The molecule has 2 heterocycles. The minimum absolute atomic E-state index is 0.102. The summed E-state index contributed by atoms with van der Waals surface area (Å²) in [4.78, 5) is 20.8. The van der Waals surface area contributed by atoms with E-state index >= 15 is 0 Å². The lowest BCUT2D eigenvalue weighted by Gasteiger charge is -2.11. The topological polar surface area (TPSA) is 82.6 Å². The van der Waals surface area contributed by atoms with E-state index in [1.165, 1.54) is 0 Å². The molecule has 7 heteroatoms. The number of carbonyl (C=O) groups is 1. The van der Waals surface area contributed by atoms with E-state index in [9.17, 15) is 4.79 Å². The second kappa shape index (κ2) is 9.37. The van der Waals surface area contributed by atoms with Crippen molar-refractivity contribution >= 4 is 5.91 Å². The summed E-state index contributed by atoms with van der Waals surface area (Å²) in [5, 5.41) is 2.92. The molecule has 1 saturated heterocycles. The molecule has 0 unspecified atom stereocenters. The molecule has 154 valence electrons. The van der Waals surface area contributed by atoms with Crippen molar-refractivity contribution in [2.45, 2.75) is 18.9 Å². The Morgan fingerprint density at radius 2 is 1.87 bits per heavy atom. The van der Waals surface area contributed by atoms with Crippen LogP contribution in [0.25, 0.3) is 11.1 Å². The summed E-state index contributed by atoms with van der Waals surface area (Å²) in [6, 6.07) is 14.8. The maximum Gasteiger partial charge on any atom is 0.321 e. The second-order valence-electron chi connectivity index (χ2n) is 6.96. The summed E-state index contributed by atoms with van der Waals surface area (Å²) in [5.41, 5.74) is 2.36. The zero-order chi connectivity index (χ0) is 20.8. The van der Waals surface area contributed by atoms with Gasteiger partial charge in [0.25, 0.3) is 5.91 Å². The Morgan fingerprint density at radius 3 is 2.57 bits per heavy atom. The van der Waals surface area contributed by atoms with E-state index in [0.29, 0.717) is 23.6 Å². The van der Waals surface area contributed by atoms with Gasteiger partial charge in [-0.3, -0.25) is 4.79 Å². The number of aromatic nitrogens is 2. The average Bonchev–Trinajstić information content (AvgIpc) is 3.32. The van der Waals surface area contributed by atoms with Gasteiger partial charge in [0, 0.05) is 42.7 Å². The number of hydrogen-bond donors (Lipinski definition) is 1. The Balaban J connectivity index is 1.37. The van der Waals surface area contributed by atoms with E-state index in [1.807, 2.05) is 30.3 Å². The molecule has 1 N–H and O–H groups in total. The SMILES string of the molecule is COc1cccc(Oc2ncc(-c3ccc(C(=O)NC[C@@H]4CCCO4)cc3)cn2)c1. The molecule has 1 amide bonds. The van der Waals surface area contributed by atoms with Crippen molar-refractivity contribution in [3.05, 3.63) is 66.5 Å². The summed E-state index contributed by atoms with van der Waals surface area (Å²) in [5.74, 6) is 1.19. The Hall–Kier alpha value is -3.45. The zero-order valence-corrected chi connectivity index (χ0v) is 16.7. The molecule has 4 rings (SSSR count). The lowest BCUT2D eigenvalue weighted by Crippen LogP contribution is -2.31. The number of amides is 1. The van der Waals surface area contributed by atoms with Crippen LogP contribution in [0.4, 0.5) is 0 Å². The highest BCUT2D eigenvalue weighted by atomic mass is 16.5. The third-order valence-corrected chi connectivity index (χ3v) is 4.87. The van der Waals surface area contributed by atoms with Crippen LogP contribution in [-0.4, -0.2) is 42.2 Å². The number of nitrogens with one attached hydrogen (secondary N) is 1. The van der Waals surface area contributed by atoms with Crippen LogP contribution in [-0.2, 0) is 4.74 Å². The van der Waals surface area contributed by atoms with Crippen molar-refractivity contribution in [3.63, 3.8) is 0 Å². The van der Waals surface area contributed by atoms with Crippen molar-refractivity contribution < 1.29 is 19.0 Å². The fraction of sp³-hybridized carbons (Fsp3) is 0.261. The van der Waals surface area contributed by atoms with E-state index in [2.05, 4.69) is 15.3 Å². The maximum atomic E-state index is 12.3. The molecule has 1 fully saturated rings. The number of hydrogen-bond acceptors (Lipinski definition) is 6. The first kappa shape index (κ1) is 19.8. The predicted octanol–water partition coefficient (Wildman–Crippen LogP) is 3.85. The Labute approximate surface area is 175 Å². The molecule has 1 aliphatic heterocycles. The van der Waals surface area contributed by atoms with E-state index in [4.69, 9.17) is 14.2 Å². The fourth-order valence-electron chi connectivity index (χ4n) is 3.22. The number of rotatable bonds is 7. The van der Waals surface area contributed by atoms with Gasteiger partial charge < -0.3 is 19.5 Å². The standard InChI is InChI=1S/C23H23N3O4/c1-28-19-4-2-5-20(12-19)30-23-25-13-18(14-26-23)16-7-9-17(10-8-16)22(27)24-15-21-6-3-11-29-21/h2,4-5,7-10,12-14,21H,3,6,11,15H2,1H3,(H,24,27)/t21-/m0/s1. The minimum Gasteiger partial charge on any atom is -0.497 e. The number of benzene rings is 2. The van der Waals surface area contributed by atoms with Crippen LogP contribution in [0.15, 0.2) is 60.9 Å². The van der Waals surface area contributed by atoms with Crippen LogP contribution in [0.1, 0.15) is 23.2 Å². The second-order valence-corrected chi connectivity index (χ2v) is 6.96. The summed E-state index contributed by atoms with van der Waals surface area (Å²) < 4.78 is 16.4. The molecule has 0 bridgehead atoms. The fourth-order valence-corrected chi connectivity index (χ4v) is 3.22. The van der Waals surface area contributed by atoms with E-state index < -0.39 is 0 Å². The first-order valence-corrected chi connectivity index (χ1v) is 9.85. The van der Waals surface area contributed by atoms with Gasteiger partial charge in [-0.2, -0.15) is 0 Å². The summed E-state index contributed by atoms with van der Waals surface area (Å²) in [6.07, 6.45) is 5.56. The van der Waals surface area contributed by atoms with Gasteiger partial charge in [0.1, 0.15) is 11.5 Å². The molecular weight excluding hydrogens is 382 g/mol. The lowest BCUT2D eigenvalue weighted by molar-refractivity contribution is 0.0858. The molecule has 1 aromatic heterocycles. The van der Waals surface area contributed by atoms with E-state index in [1.54, 1.807) is 37.7 Å². The smallest absolute Gasteiger partial charge is 0.321 e. The largest absolute Gasteiger partial charge is 0.497 e. The Bertz CT molecular complexity index is 984. The summed E-state index contributed by atoms with van der Waals surface area (Å²) >= 11 is 0. The van der Waals surface area contributed by atoms with Gasteiger partial charge in [0.05, 0.1) is 13.2 Å². The number of carbonyl (C=O) groups excluding carboxylic acids is 1. The van der Waals surface area contributed by atoms with Crippen molar-refractivity contribution in [1.82, 2.24) is 15.3 Å². The highest BCUT2D eigenvalue weighted by Gasteiger charge is 2.16. The molecule has 30 heavy (non-hydrogen) atoms. The first-order valence-electron chi connectivity index (χ1n) is 9.85. The van der Waals surface area contributed by atoms with Gasteiger partial charge in [-0.15, -0.1) is 0 Å². The number of ether oxygens (including phenoxy) is 3. The Morgan fingerprint density at radius 1 is 1.10 bits per heavy atom. The van der Waals surface area contributed by atoms with Gasteiger partial charge in [0.2, 0.25) is 0 Å². The van der Waals surface area contributed by atoms with Gasteiger partial charge in [-0.1, -0.05) is 18.2 Å². The van der Waals surface area contributed by atoms with Gasteiger partial charge >= 0.3 is 6.01 Å². The molecule has 7 nitrogen and oxygen atoms in total. The van der Waals surface area contributed by atoms with Gasteiger partial charge in [0.15, 0.2) is 0 Å². The highest BCUT2D eigenvalue weighted by molar-refractivity contribution is 5.94. The summed E-state index contributed by atoms with van der Waals surface area (Å²) in [6.45, 7) is 1.32. The van der Waals surface area contributed by atoms with Gasteiger partial charge in [-0.05, 0) is 42.7 Å².